The highest BCUT2D eigenvalue weighted by molar-refractivity contribution is 5.83. The predicted molar refractivity (Wildman–Crippen MR) is 74.5 cm³/mol. The third-order valence-corrected chi connectivity index (χ3v) is 2.97. The van der Waals surface area contributed by atoms with Crippen LogP contribution in [0, 0.1) is 6.92 Å². The Morgan fingerprint density at radius 1 is 1.24 bits per heavy atom. The first kappa shape index (κ1) is 12.2. The Balaban J connectivity index is 2.11. The van der Waals surface area contributed by atoms with Crippen LogP contribution in [0.25, 0.3) is 10.9 Å². The SMILES string of the molecule is Cc1ccc2[nH]cc(CCNC(C)(C)C)c2c1. The molecule has 0 bridgehead atoms. The summed E-state index contributed by atoms with van der Waals surface area (Å²) in [5, 5.41) is 4.89. The number of rotatable bonds is 3. The summed E-state index contributed by atoms with van der Waals surface area (Å²) in [6.07, 6.45) is 3.20. The van der Waals surface area contributed by atoms with E-state index in [0.29, 0.717) is 0 Å². The average molecular weight is 230 g/mol. The van der Waals surface area contributed by atoms with Crippen LogP contribution in [0.1, 0.15) is 31.9 Å². The van der Waals surface area contributed by atoms with Gasteiger partial charge < -0.3 is 10.3 Å². The van der Waals surface area contributed by atoms with Gasteiger partial charge in [-0.2, -0.15) is 0 Å². The maximum atomic E-state index is 3.53. The molecule has 1 heterocycles. The molecular formula is C15H22N2. The Kier molecular flexibility index (Phi) is 3.25. The Hall–Kier alpha value is -1.28. The molecular weight excluding hydrogens is 208 g/mol. The number of fused-ring (bicyclic) bond motifs is 1. The Morgan fingerprint density at radius 2 is 2.00 bits per heavy atom. The topological polar surface area (TPSA) is 27.8 Å². The van der Waals surface area contributed by atoms with Crippen LogP contribution in [-0.2, 0) is 6.42 Å². The molecule has 0 unspecified atom stereocenters. The fraction of sp³-hybridized carbons (Fsp3) is 0.467. The lowest BCUT2D eigenvalue weighted by Crippen LogP contribution is -2.37. The summed E-state index contributed by atoms with van der Waals surface area (Å²) in [5.74, 6) is 0. The van der Waals surface area contributed by atoms with Crippen molar-refractivity contribution in [2.75, 3.05) is 6.54 Å². The molecule has 0 saturated heterocycles. The lowest BCUT2D eigenvalue weighted by Gasteiger charge is -2.20. The lowest BCUT2D eigenvalue weighted by atomic mass is 10.1. The normalized spacial score (nSPS) is 12.2. The van der Waals surface area contributed by atoms with Crippen LogP contribution >= 0.6 is 0 Å². The summed E-state index contributed by atoms with van der Waals surface area (Å²) >= 11 is 0. The van der Waals surface area contributed by atoms with Gasteiger partial charge in [-0.25, -0.2) is 0 Å². The maximum Gasteiger partial charge on any atom is 0.0456 e. The van der Waals surface area contributed by atoms with E-state index < -0.39 is 0 Å². The highest BCUT2D eigenvalue weighted by Crippen LogP contribution is 2.19. The number of aromatic nitrogens is 1. The van der Waals surface area contributed by atoms with E-state index in [0.717, 1.165) is 13.0 Å². The number of H-pyrrole nitrogens is 1. The van der Waals surface area contributed by atoms with E-state index in [1.807, 2.05) is 0 Å². The zero-order valence-electron chi connectivity index (χ0n) is 11.2. The first-order valence-corrected chi connectivity index (χ1v) is 6.27. The number of aromatic amines is 1. The number of hydrogen-bond acceptors (Lipinski definition) is 1. The van der Waals surface area contributed by atoms with E-state index in [-0.39, 0.29) is 5.54 Å². The quantitative estimate of drug-likeness (QED) is 0.831. The molecule has 0 radical (unpaired) electrons. The van der Waals surface area contributed by atoms with E-state index in [9.17, 15) is 0 Å². The molecule has 2 nitrogen and oxygen atoms in total. The van der Waals surface area contributed by atoms with E-state index in [1.165, 1.54) is 22.0 Å². The molecule has 0 amide bonds. The van der Waals surface area contributed by atoms with Crippen molar-refractivity contribution >= 4 is 10.9 Å². The van der Waals surface area contributed by atoms with Gasteiger partial charge in [-0.05, 0) is 58.4 Å². The first-order valence-electron chi connectivity index (χ1n) is 6.27. The van der Waals surface area contributed by atoms with Gasteiger partial charge >= 0.3 is 0 Å². The summed E-state index contributed by atoms with van der Waals surface area (Å²) < 4.78 is 0. The first-order chi connectivity index (χ1) is 7.96. The smallest absolute Gasteiger partial charge is 0.0456 e. The molecule has 2 rings (SSSR count). The highest BCUT2D eigenvalue weighted by atomic mass is 14.9. The van der Waals surface area contributed by atoms with Crippen molar-refractivity contribution in [1.82, 2.24) is 10.3 Å². The zero-order valence-corrected chi connectivity index (χ0v) is 11.2. The summed E-state index contributed by atoms with van der Waals surface area (Å²) in [7, 11) is 0. The van der Waals surface area contributed by atoms with Crippen molar-refractivity contribution in [1.29, 1.82) is 0 Å². The number of benzene rings is 1. The van der Waals surface area contributed by atoms with E-state index >= 15 is 0 Å². The molecule has 2 aromatic rings. The Morgan fingerprint density at radius 3 is 2.71 bits per heavy atom. The van der Waals surface area contributed by atoms with Crippen molar-refractivity contribution in [2.24, 2.45) is 0 Å². The molecule has 0 fully saturated rings. The van der Waals surface area contributed by atoms with Gasteiger partial charge in [0.25, 0.3) is 0 Å². The van der Waals surface area contributed by atoms with Crippen molar-refractivity contribution in [3.8, 4) is 0 Å². The van der Waals surface area contributed by atoms with Crippen LogP contribution in [0.4, 0.5) is 0 Å². The molecule has 0 spiro atoms. The molecule has 0 atom stereocenters. The van der Waals surface area contributed by atoms with Crippen molar-refractivity contribution in [3.63, 3.8) is 0 Å². The van der Waals surface area contributed by atoms with Crippen LogP contribution in [0.15, 0.2) is 24.4 Å². The van der Waals surface area contributed by atoms with Gasteiger partial charge in [0, 0.05) is 22.6 Å². The van der Waals surface area contributed by atoms with Gasteiger partial charge in [-0.1, -0.05) is 11.6 Å². The van der Waals surface area contributed by atoms with Gasteiger partial charge in [0.1, 0.15) is 0 Å². The van der Waals surface area contributed by atoms with Crippen molar-refractivity contribution in [2.45, 2.75) is 39.7 Å². The molecule has 0 aliphatic rings. The van der Waals surface area contributed by atoms with Crippen LogP contribution in [0.5, 0.6) is 0 Å². The second kappa shape index (κ2) is 4.53. The van der Waals surface area contributed by atoms with Crippen LogP contribution in [0.3, 0.4) is 0 Å². The summed E-state index contributed by atoms with van der Waals surface area (Å²) in [4.78, 5) is 3.34. The highest BCUT2D eigenvalue weighted by Gasteiger charge is 2.09. The lowest BCUT2D eigenvalue weighted by molar-refractivity contribution is 0.430. The largest absolute Gasteiger partial charge is 0.361 e. The molecule has 0 saturated carbocycles. The van der Waals surface area contributed by atoms with Gasteiger partial charge in [0.05, 0.1) is 0 Å². The van der Waals surface area contributed by atoms with E-state index in [1.54, 1.807) is 0 Å². The average Bonchev–Trinajstić information content (AvgIpc) is 2.59. The second-order valence-corrected chi connectivity index (χ2v) is 5.79. The Labute approximate surface area is 103 Å². The molecule has 92 valence electrons. The number of nitrogens with one attached hydrogen (secondary N) is 2. The molecule has 17 heavy (non-hydrogen) atoms. The summed E-state index contributed by atoms with van der Waals surface area (Å²) in [6.45, 7) is 9.76. The van der Waals surface area contributed by atoms with Crippen molar-refractivity contribution in [3.05, 3.63) is 35.5 Å². The standard InChI is InChI=1S/C15H22N2/c1-11-5-6-14-13(9-11)12(10-16-14)7-8-17-15(2,3)4/h5-6,9-10,16-17H,7-8H2,1-4H3. The molecule has 0 aliphatic carbocycles. The Bertz CT molecular complexity index is 503. The zero-order chi connectivity index (χ0) is 12.5. The van der Waals surface area contributed by atoms with Crippen molar-refractivity contribution < 1.29 is 0 Å². The summed E-state index contributed by atoms with van der Waals surface area (Å²) in [5.41, 5.74) is 4.16. The fourth-order valence-electron chi connectivity index (χ4n) is 2.07. The van der Waals surface area contributed by atoms with E-state index in [4.69, 9.17) is 0 Å². The van der Waals surface area contributed by atoms with Crippen LogP contribution in [-0.4, -0.2) is 17.1 Å². The van der Waals surface area contributed by atoms with Gasteiger partial charge in [0.2, 0.25) is 0 Å². The van der Waals surface area contributed by atoms with Gasteiger partial charge in [-0.3, -0.25) is 0 Å². The fourth-order valence-corrected chi connectivity index (χ4v) is 2.07. The molecule has 2 N–H and O–H groups in total. The molecule has 1 aromatic carbocycles. The molecule has 2 heteroatoms. The maximum absolute atomic E-state index is 3.53. The van der Waals surface area contributed by atoms with Crippen LogP contribution < -0.4 is 5.32 Å². The second-order valence-electron chi connectivity index (χ2n) is 5.79. The third kappa shape index (κ3) is 3.10. The molecule has 0 aliphatic heterocycles. The van der Waals surface area contributed by atoms with E-state index in [2.05, 4.69) is 62.4 Å². The summed E-state index contributed by atoms with van der Waals surface area (Å²) in [6, 6.07) is 6.57. The van der Waals surface area contributed by atoms with Crippen LogP contribution in [0.2, 0.25) is 0 Å². The predicted octanol–water partition coefficient (Wildman–Crippen LogP) is 3.41. The number of hydrogen-bond donors (Lipinski definition) is 2. The minimum Gasteiger partial charge on any atom is -0.361 e. The number of aryl methyl sites for hydroxylation is 1. The van der Waals surface area contributed by atoms with Gasteiger partial charge in [0.15, 0.2) is 0 Å². The third-order valence-electron chi connectivity index (χ3n) is 2.97. The minimum absolute atomic E-state index is 0.196. The van der Waals surface area contributed by atoms with Gasteiger partial charge in [-0.15, -0.1) is 0 Å². The minimum atomic E-state index is 0.196. The molecule has 1 aromatic heterocycles. The monoisotopic (exact) mass is 230 g/mol.